The van der Waals surface area contributed by atoms with Gasteiger partial charge >= 0.3 is 0 Å². The van der Waals surface area contributed by atoms with Crippen molar-refractivity contribution in [2.75, 3.05) is 32.8 Å². The van der Waals surface area contributed by atoms with Crippen LogP contribution in [0.5, 0.6) is 23.0 Å². The van der Waals surface area contributed by atoms with E-state index in [1.807, 2.05) is 63.2 Å². The number of benzene rings is 3. The molecular weight excluding hydrogens is 469 g/mol. The summed E-state index contributed by atoms with van der Waals surface area (Å²) < 4.78 is 25.4. The summed E-state index contributed by atoms with van der Waals surface area (Å²) >= 11 is 0. The normalized spacial score (nSPS) is 20.4. The molecule has 0 spiro atoms. The van der Waals surface area contributed by atoms with Crippen LogP contribution in [0.3, 0.4) is 0 Å². The fourth-order valence-corrected chi connectivity index (χ4v) is 4.78. The van der Waals surface area contributed by atoms with Crippen molar-refractivity contribution < 1.29 is 24.1 Å². The fourth-order valence-electron chi connectivity index (χ4n) is 4.78. The molecule has 3 aromatic rings. The number of hydrogen-bond donors (Lipinski definition) is 2. The van der Waals surface area contributed by atoms with Gasteiger partial charge in [0.25, 0.3) is 0 Å². The van der Waals surface area contributed by atoms with E-state index < -0.39 is 5.82 Å². The molecule has 1 saturated heterocycles. The van der Waals surface area contributed by atoms with Crippen molar-refractivity contribution in [3.05, 3.63) is 83.7 Å². The van der Waals surface area contributed by atoms with E-state index in [1.165, 1.54) is 25.6 Å². The molecule has 2 aliphatic rings. The van der Waals surface area contributed by atoms with Gasteiger partial charge in [0.15, 0.2) is 11.6 Å². The summed E-state index contributed by atoms with van der Waals surface area (Å²) in [6.07, 6.45) is 1.34. The van der Waals surface area contributed by atoms with Crippen LogP contribution in [0, 0.1) is 11.7 Å². The zero-order valence-electron chi connectivity index (χ0n) is 22.4. The lowest BCUT2D eigenvalue weighted by Crippen LogP contribution is -2.25. The number of ether oxygens (including phenoxy) is 2. The van der Waals surface area contributed by atoms with Crippen molar-refractivity contribution >= 4 is 0 Å². The topological polar surface area (TPSA) is 62.2 Å². The summed E-state index contributed by atoms with van der Waals surface area (Å²) in [5.41, 5.74) is 1.39. The Kier molecular flexibility index (Phi) is 10.6. The number of para-hydroxylation sites is 1. The van der Waals surface area contributed by atoms with E-state index in [4.69, 9.17) is 9.47 Å². The number of phenolic OH excluding ortho intramolecular Hbond substituents is 2. The molecule has 0 amide bonds. The molecule has 0 aliphatic carbocycles. The van der Waals surface area contributed by atoms with E-state index in [9.17, 15) is 14.6 Å². The highest BCUT2D eigenvalue weighted by molar-refractivity contribution is 5.47. The second-order valence-corrected chi connectivity index (χ2v) is 9.46. The summed E-state index contributed by atoms with van der Waals surface area (Å²) in [4.78, 5) is 2.48. The minimum absolute atomic E-state index is 0.0144. The number of fused-ring (bicyclic) bond motifs is 1. The van der Waals surface area contributed by atoms with E-state index in [0.717, 1.165) is 30.4 Å². The van der Waals surface area contributed by atoms with Gasteiger partial charge in [0.05, 0.1) is 6.61 Å². The van der Waals surface area contributed by atoms with Crippen LogP contribution in [0.4, 0.5) is 4.39 Å². The molecule has 3 aromatic carbocycles. The molecule has 2 aliphatic heterocycles. The van der Waals surface area contributed by atoms with Crippen LogP contribution in [0.1, 0.15) is 57.1 Å². The molecule has 0 saturated carbocycles. The molecule has 0 radical (unpaired) electrons. The number of phenols is 2. The molecule has 2 N–H and O–H groups in total. The van der Waals surface area contributed by atoms with Gasteiger partial charge in [-0.3, -0.25) is 4.90 Å². The first kappa shape index (κ1) is 28.3. The molecule has 1 fully saturated rings. The molecule has 37 heavy (non-hydrogen) atoms. The van der Waals surface area contributed by atoms with Gasteiger partial charge in [-0.15, -0.1) is 0 Å². The molecule has 6 heteroatoms. The van der Waals surface area contributed by atoms with Crippen molar-refractivity contribution in [3.8, 4) is 23.0 Å². The highest BCUT2D eigenvalue weighted by Crippen LogP contribution is 2.45. The third-order valence-electron chi connectivity index (χ3n) is 6.85. The van der Waals surface area contributed by atoms with Gasteiger partial charge in [-0.05, 0) is 66.8 Å². The predicted molar refractivity (Wildman–Crippen MR) is 146 cm³/mol. The minimum atomic E-state index is -0.613. The van der Waals surface area contributed by atoms with Crippen LogP contribution in [0.2, 0.25) is 0 Å². The standard InChI is InChI=1S/C16H15FO3.C13H19NO.C2H6/c1-9-12(10-2-4-11(18)5-3-10)8-20-14-7-6-13(19)16(17)15(9)14;1-12-7-8-14(11-12)9-10-15-13-5-3-2-4-6-13;1-2/h2-7,9,12,18-19H,8H2,1H3;2-6,12H,7-11H2,1H3;1-2H3/t9?,12-;;/m1../s1. The van der Waals surface area contributed by atoms with Gasteiger partial charge in [0.1, 0.15) is 23.9 Å². The van der Waals surface area contributed by atoms with Crippen LogP contribution in [-0.4, -0.2) is 48.0 Å². The molecule has 2 heterocycles. The summed E-state index contributed by atoms with van der Waals surface area (Å²) in [5.74, 6) is 1.43. The molecule has 3 atom stereocenters. The number of likely N-dealkylation sites (tertiary alicyclic amines) is 1. The van der Waals surface area contributed by atoms with Gasteiger partial charge in [-0.25, -0.2) is 4.39 Å². The number of rotatable bonds is 5. The molecule has 0 bridgehead atoms. The lowest BCUT2D eigenvalue weighted by atomic mass is 9.81. The van der Waals surface area contributed by atoms with E-state index >= 15 is 0 Å². The zero-order chi connectivity index (χ0) is 26.8. The second kappa shape index (κ2) is 13.9. The van der Waals surface area contributed by atoms with Gasteiger partial charge in [0.2, 0.25) is 0 Å². The lowest BCUT2D eigenvalue weighted by Gasteiger charge is -2.32. The Morgan fingerprint density at radius 1 is 0.973 bits per heavy atom. The third-order valence-corrected chi connectivity index (χ3v) is 6.85. The van der Waals surface area contributed by atoms with E-state index in [1.54, 1.807) is 18.2 Å². The molecule has 5 rings (SSSR count). The Labute approximate surface area is 220 Å². The second-order valence-electron chi connectivity index (χ2n) is 9.46. The van der Waals surface area contributed by atoms with Crippen molar-refractivity contribution in [3.63, 3.8) is 0 Å². The average Bonchev–Trinajstić information content (AvgIpc) is 3.34. The average molecular weight is 510 g/mol. The SMILES string of the molecule is CC.CC1CCN(CCOc2ccccc2)C1.CC1c2c(ccc(O)c2F)OC[C@H]1c1ccc(O)cc1. The first-order chi connectivity index (χ1) is 17.9. The summed E-state index contributed by atoms with van der Waals surface area (Å²) in [6, 6.07) is 19.8. The van der Waals surface area contributed by atoms with Gasteiger partial charge in [-0.2, -0.15) is 0 Å². The zero-order valence-corrected chi connectivity index (χ0v) is 22.4. The third kappa shape index (κ3) is 7.62. The Morgan fingerprint density at radius 3 is 2.32 bits per heavy atom. The Bertz CT molecular complexity index is 1090. The summed E-state index contributed by atoms with van der Waals surface area (Å²) in [5, 5.41) is 18.9. The van der Waals surface area contributed by atoms with Gasteiger partial charge in [-0.1, -0.05) is 58.0 Å². The van der Waals surface area contributed by atoms with E-state index in [-0.39, 0.29) is 23.3 Å². The number of aromatic hydroxyl groups is 2. The number of hydrogen-bond acceptors (Lipinski definition) is 5. The molecule has 2 unspecified atom stereocenters. The molecule has 0 aromatic heterocycles. The maximum atomic E-state index is 14.1. The first-order valence-electron chi connectivity index (χ1n) is 13.3. The smallest absolute Gasteiger partial charge is 0.171 e. The van der Waals surface area contributed by atoms with Crippen molar-refractivity contribution in [1.29, 1.82) is 0 Å². The van der Waals surface area contributed by atoms with Crippen molar-refractivity contribution in [2.24, 2.45) is 5.92 Å². The predicted octanol–water partition coefficient (Wildman–Crippen LogP) is 6.95. The van der Waals surface area contributed by atoms with Gasteiger partial charge < -0.3 is 19.7 Å². The molecule has 200 valence electrons. The minimum Gasteiger partial charge on any atom is -0.508 e. The molecule has 5 nitrogen and oxygen atoms in total. The number of halogens is 1. The van der Waals surface area contributed by atoms with Crippen LogP contribution in [-0.2, 0) is 0 Å². The lowest BCUT2D eigenvalue weighted by molar-refractivity contribution is 0.234. The Hall–Kier alpha value is -3.25. The quantitative estimate of drug-likeness (QED) is 0.390. The first-order valence-corrected chi connectivity index (χ1v) is 13.3. The Morgan fingerprint density at radius 2 is 1.68 bits per heavy atom. The maximum absolute atomic E-state index is 14.1. The summed E-state index contributed by atoms with van der Waals surface area (Å²) in [7, 11) is 0. The largest absolute Gasteiger partial charge is 0.508 e. The Balaban J connectivity index is 0.000000200. The van der Waals surface area contributed by atoms with Crippen LogP contribution >= 0.6 is 0 Å². The molecular formula is C31H40FNO4. The number of nitrogens with zero attached hydrogens (tertiary/aromatic N) is 1. The maximum Gasteiger partial charge on any atom is 0.171 e. The van der Waals surface area contributed by atoms with Gasteiger partial charge in [0, 0.05) is 24.6 Å². The van der Waals surface area contributed by atoms with E-state index in [2.05, 4.69) is 11.8 Å². The van der Waals surface area contributed by atoms with Crippen LogP contribution < -0.4 is 9.47 Å². The van der Waals surface area contributed by atoms with E-state index in [0.29, 0.717) is 17.9 Å². The van der Waals surface area contributed by atoms with Crippen molar-refractivity contribution in [1.82, 2.24) is 4.90 Å². The monoisotopic (exact) mass is 509 g/mol. The van der Waals surface area contributed by atoms with Crippen LogP contribution in [0.15, 0.2) is 66.7 Å². The summed E-state index contributed by atoms with van der Waals surface area (Å²) in [6.45, 7) is 13.0. The van der Waals surface area contributed by atoms with Crippen molar-refractivity contribution in [2.45, 2.75) is 46.0 Å². The fraction of sp³-hybridized carbons (Fsp3) is 0.419. The van der Waals surface area contributed by atoms with Crippen LogP contribution in [0.25, 0.3) is 0 Å². The highest BCUT2D eigenvalue weighted by atomic mass is 19.1. The highest BCUT2D eigenvalue weighted by Gasteiger charge is 2.32.